The number of benzene rings is 2. The monoisotopic (exact) mass is 419 g/mol. The molecule has 0 bridgehead atoms. The fourth-order valence-electron chi connectivity index (χ4n) is 4.64. The maximum absolute atomic E-state index is 13.1. The number of amides is 1. The van der Waals surface area contributed by atoms with Crippen LogP contribution in [0.2, 0.25) is 0 Å². The van der Waals surface area contributed by atoms with Crippen molar-refractivity contribution in [3.63, 3.8) is 0 Å². The van der Waals surface area contributed by atoms with Gasteiger partial charge in [0.2, 0.25) is 6.10 Å². The number of aromatic nitrogens is 2. The summed E-state index contributed by atoms with van der Waals surface area (Å²) < 4.78 is 14.2. The molecule has 2 atom stereocenters. The van der Waals surface area contributed by atoms with E-state index in [-0.39, 0.29) is 12.0 Å². The predicted octanol–water partition coefficient (Wildman–Crippen LogP) is 4.12. The van der Waals surface area contributed by atoms with Crippen LogP contribution in [0.15, 0.2) is 42.7 Å². The van der Waals surface area contributed by atoms with Gasteiger partial charge in [0, 0.05) is 19.6 Å². The molecule has 0 saturated carbocycles. The lowest BCUT2D eigenvalue weighted by atomic mass is 9.96. The Hall–Kier alpha value is -3.02. The fourth-order valence-corrected chi connectivity index (χ4v) is 4.64. The van der Waals surface area contributed by atoms with E-state index in [9.17, 15) is 4.79 Å². The van der Waals surface area contributed by atoms with Crippen LogP contribution in [0, 0.1) is 19.8 Å². The van der Waals surface area contributed by atoms with Gasteiger partial charge in [-0.2, -0.15) is 0 Å². The summed E-state index contributed by atoms with van der Waals surface area (Å²) in [6.07, 6.45) is 3.02. The molecule has 162 valence electrons. The molecule has 5 rings (SSSR count). The van der Waals surface area contributed by atoms with E-state index < -0.39 is 6.10 Å². The van der Waals surface area contributed by atoms with E-state index in [0.29, 0.717) is 17.4 Å². The van der Waals surface area contributed by atoms with Crippen LogP contribution in [-0.2, 0) is 11.3 Å². The molecule has 0 spiro atoms. The minimum atomic E-state index is -0.588. The van der Waals surface area contributed by atoms with Crippen LogP contribution in [0.4, 0.5) is 0 Å². The first-order valence-electron chi connectivity index (χ1n) is 11.1. The zero-order valence-corrected chi connectivity index (χ0v) is 18.4. The van der Waals surface area contributed by atoms with Gasteiger partial charge in [-0.05, 0) is 74.9 Å². The average molecular weight is 420 g/mol. The highest BCUT2D eigenvalue weighted by molar-refractivity contribution is 5.82. The Balaban J connectivity index is 1.22. The molecule has 0 radical (unpaired) electrons. The molecule has 1 saturated heterocycles. The number of ether oxygens (including phenoxy) is 2. The number of carbonyl (C=O) groups is 1. The average Bonchev–Trinajstić information content (AvgIpc) is 3.15. The lowest BCUT2D eigenvalue weighted by Crippen LogP contribution is -2.52. The summed E-state index contributed by atoms with van der Waals surface area (Å²) in [4.78, 5) is 19.7. The number of aryl methyl sites for hydroxylation is 2. The second-order valence-electron chi connectivity index (χ2n) is 8.90. The molecule has 31 heavy (non-hydrogen) atoms. The maximum Gasteiger partial charge on any atom is 0.267 e. The zero-order chi connectivity index (χ0) is 21.5. The molecule has 0 aliphatic carbocycles. The van der Waals surface area contributed by atoms with Gasteiger partial charge in [-0.15, -0.1) is 0 Å². The smallest absolute Gasteiger partial charge is 0.267 e. The molecule has 3 heterocycles. The van der Waals surface area contributed by atoms with E-state index in [2.05, 4.69) is 35.5 Å². The molecule has 0 N–H and O–H groups in total. The molecular weight excluding hydrogens is 390 g/mol. The van der Waals surface area contributed by atoms with Crippen molar-refractivity contribution in [3.05, 3.63) is 53.9 Å². The maximum atomic E-state index is 13.1. The number of likely N-dealkylation sites (tertiary alicyclic amines) is 1. The van der Waals surface area contributed by atoms with Crippen LogP contribution >= 0.6 is 0 Å². The number of hydrogen-bond acceptors (Lipinski definition) is 4. The van der Waals surface area contributed by atoms with Crippen LogP contribution in [0.3, 0.4) is 0 Å². The van der Waals surface area contributed by atoms with Crippen molar-refractivity contribution in [2.45, 2.75) is 52.4 Å². The molecule has 6 nitrogen and oxygen atoms in total. The number of rotatable bonds is 3. The number of nitrogens with zero attached hydrogens (tertiary/aromatic N) is 3. The molecule has 3 aromatic rings. The SMILES string of the molecule is Cc1cc2ncn(CC3CCN(C(=O)C4Oc5ccccc5OC4C)CC3)c2cc1C. The summed E-state index contributed by atoms with van der Waals surface area (Å²) in [5.74, 6) is 1.91. The number of carbonyl (C=O) groups excluding carboxylic acids is 1. The molecule has 1 aromatic heterocycles. The van der Waals surface area contributed by atoms with E-state index in [1.807, 2.05) is 42.4 Å². The molecule has 6 heteroatoms. The molecule has 2 aliphatic heterocycles. The first-order valence-corrected chi connectivity index (χ1v) is 11.1. The van der Waals surface area contributed by atoms with Gasteiger partial charge >= 0.3 is 0 Å². The van der Waals surface area contributed by atoms with Crippen molar-refractivity contribution in [2.24, 2.45) is 5.92 Å². The van der Waals surface area contributed by atoms with Crippen molar-refractivity contribution in [2.75, 3.05) is 13.1 Å². The number of piperidine rings is 1. The third-order valence-electron chi connectivity index (χ3n) is 6.70. The standard InChI is InChI=1S/C25H29N3O3/c1-16-12-20-21(13-17(16)2)28(15-26-20)14-19-8-10-27(11-9-19)25(29)24-18(3)30-22-6-4-5-7-23(22)31-24/h4-7,12-13,15,18-19,24H,8-11,14H2,1-3H3. The highest BCUT2D eigenvalue weighted by Crippen LogP contribution is 2.34. The summed E-state index contributed by atoms with van der Waals surface area (Å²) in [5, 5.41) is 0. The Morgan fingerprint density at radius 3 is 2.48 bits per heavy atom. The topological polar surface area (TPSA) is 56.6 Å². The summed E-state index contributed by atoms with van der Waals surface area (Å²) in [7, 11) is 0. The van der Waals surface area contributed by atoms with Crippen LogP contribution in [-0.4, -0.2) is 45.7 Å². The van der Waals surface area contributed by atoms with Crippen LogP contribution in [0.1, 0.15) is 30.9 Å². The Morgan fingerprint density at radius 2 is 1.74 bits per heavy atom. The molecule has 1 amide bonds. The summed E-state index contributed by atoms with van der Waals surface area (Å²) in [5.41, 5.74) is 4.82. The molecule has 1 fully saturated rings. The molecule has 2 unspecified atom stereocenters. The van der Waals surface area contributed by atoms with E-state index >= 15 is 0 Å². The van der Waals surface area contributed by atoms with Crippen molar-refractivity contribution in [3.8, 4) is 11.5 Å². The van der Waals surface area contributed by atoms with Gasteiger partial charge < -0.3 is 18.9 Å². The van der Waals surface area contributed by atoms with Gasteiger partial charge in [-0.3, -0.25) is 4.79 Å². The van der Waals surface area contributed by atoms with Crippen LogP contribution < -0.4 is 9.47 Å². The van der Waals surface area contributed by atoms with Crippen molar-refractivity contribution < 1.29 is 14.3 Å². The normalized spacial score (nSPS) is 21.5. The van der Waals surface area contributed by atoms with Crippen molar-refractivity contribution >= 4 is 16.9 Å². The van der Waals surface area contributed by atoms with E-state index in [0.717, 1.165) is 38.0 Å². The zero-order valence-electron chi connectivity index (χ0n) is 18.4. The lowest BCUT2D eigenvalue weighted by Gasteiger charge is -2.37. The quantitative estimate of drug-likeness (QED) is 0.641. The second kappa shape index (κ2) is 7.91. The minimum Gasteiger partial charge on any atom is -0.482 e. The number of imidazole rings is 1. The van der Waals surface area contributed by atoms with E-state index in [1.54, 1.807) is 0 Å². The third kappa shape index (κ3) is 3.75. The molecule has 2 aromatic carbocycles. The van der Waals surface area contributed by atoms with E-state index in [4.69, 9.17) is 9.47 Å². The van der Waals surface area contributed by atoms with Crippen LogP contribution in [0.25, 0.3) is 11.0 Å². The summed E-state index contributed by atoms with van der Waals surface area (Å²) in [6.45, 7) is 8.62. The third-order valence-corrected chi connectivity index (χ3v) is 6.70. The largest absolute Gasteiger partial charge is 0.482 e. The molecule has 2 aliphatic rings. The Labute approximate surface area is 182 Å². The van der Waals surface area contributed by atoms with E-state index in [1.165, 1.54) is 16.6 Å². The Morgan fingerprint density at radius 1 is 1.06 bits per heavy atom. The minimum absolute atomic E-state index is 0.0274. The van der Waals surface area contributed by atoms with Gasteiger partial charge in [-0.1, -0.05) is 12.1 Å². The Kier molecular flexibility index (Phi) is 5.08. The Bertz CT molecular complexity index is 1110. The van der Waals surface area contributed by atoms with Gasteiger partial charge in [0.15, 0.2) is 11.5 Å². The lowest BCUT2D eigenvalue weighted by molar-refractivity contribution is -0.145. The second-order valence-corrected chi connectivity index (χ2v) is 8.90. The summed E-state index contributed by atoms with van der Waals surface area (Å²) >= 11 is 0. The van der Waals surface area contributed by atoms with Gasteiger partial charge in [-0.25, -0.2) is 4.98 Å². The summed E-state index contributed by atoms with van der Waals surface area (Å²) in [6, 6.07) is 11.9. The first kappa shape index (κ1) is 19.9. The van der Waals surface area contributed by atoms with Gasteiger partial charge in [0.05, 0.1) is 17.4 Å². The van der Waals surface area contributed by atoms with Crippen molar-refractivity contribution in [1.29, 1.82) is 0 Å². The predicted molar refractivity (Wildman–Crippen MR) is 119 cm³/mol. The van der Waals surface area contributed by atoms with Crippen molar-refractivity contribution in [1.82, 2.24) is 14.5 Å². The van der Waals surface area contributed by atoms with Gasteiger partial charge in [0.1, 0.15) is 6.10 Å². The number of para-hydroxylation sites is 2. The highest BCUT2D eigenvalue weighted by Gasteiger charge is 2.37. The first-order chi connectivity index (χ1) is 15.0. The number of hydrogen-bond donors (Lipinski definition) is 0. The fraction of sp³-hybridized carbons (Fsp3) is 0.440. The van der Waals surface area contributed by atoms with Gasteiger partial charge in [0.25, 0.3) is 5.91 Å². The number of fused-ring (bicyclic) bond motifs is 2. The van der Waals surface area contributed by atoms with Crippen LogP contribution in [0.5, 0.6) is 11.5 Å². The molecular formula is C25H29N3O3. The highest BCUT2D eigenvalue weighted by atomic mass is 16.6.